The molecule has 1 aromatic carbocycles. The summed E-state index contributed by atoms with van der Waals surface area (Å²) >= 11 is 0. The maximum absolute atomic E-state index is 13.8. The number of halogens is 1. The van der Waals surface area contributed by atoms with Gasteiger partial charge in [0.05, 0.1) is 24.8 Å². The van der Waals surface area contributed by atoms with Crippen LogP contribution in [0.25, 0.3) is 0 Å². The van der Waals surface area contributed by atoms with Crippen molar-refractivity contribution in [2.75, 3.05) is 7.11 Å². The second-order valence-corrected chi connectivity index (χ2v) is 4.52. The number of rotatable bonds is 5. The molecule has 1 aromatic heterocycles. The Morgan fingerprint density at radius 2 is 2.20 bits per heavy atom. The molecule has 0 atom stereocenters. The van der Waals surface area contributed by atoms with E-state index < -0.39 is 5.82 Å². The maximum Gasteiger partial charge on any atom is 0.175 e. The molecule has 5 heteroatoms. The minimum atomic E-state index is -0.563. The molecule has 0 saturated carbocycles. The van der Waals surface area contributed by atoms with Crippen molar-refractivity contribution in [3.8, 4) is 5.75 Å². The average Bonchev–Trinajstić information content (AvgIpc) is 2.78. The zero-order chi connectivity index (χ0) is 14.7. The van der Waals surface area contributed by atoms with Gasteiger partial charge in [-0.3, -0.25) is 9.48 Å². The topological polar surface area (TPSA) is 44.1 Å². The van der Waals surface area contributed by atoms with Crippen molar-refractivity contribution in [1.82, 2.24) is 9.78 Å². The summed E-state index contributed by atoms with van der Waals surface area (Å²) in [6.07, 6.45) is 0.895. The first-order valence-electron chi connectivity index (χ1n) is 6.44. The number of aromatic nitrogens is 2. The van der Waals surface area contributed by atoms with Crippen LogP contribution in [0.2, 0.25) is 0 Å². The highest BCUT2D eigenvalue weighted by atomic mass is 19.1. The molecule has 106 valence electrons. The van der Waals surface area contributed by atoms with Crippen LogP contribution in [0, 0.1) is 5.82 Å². The van der Waals surface area contributed by atoms with E-state index in [1.807, 2.05) is 13.0 Å². The maximum atomic E-state index is 13.8. The van der Waals surface area contributed by atoms with E-state index >= 15 is 0 Å². The number of hydrogen-bond donors (Lipinski definition) is 0. The van der Waals surface area contributed by atoms with E-state index in [9.17, 15) is 9.18 Å². The molecule has 0 spiro atoms. The molecule has 1 heterocycles. The Labute approximate surface area is 117 Å². The first kappa shape index (κ1) is 14.2. The Balaban J connectivity index is 2.30. The fourth-order valence-electron chi connectivity index (χ4n) is 2.11. The Bertz CT molecular complexity index is 635. The summed E-state index contributed by atoms with van der Waals surface area (Å²) in [4.78, 5) is 12.3. The van der Waals surface area contributed by atoms with Gasteiger partial charge in [0.1, 0.15) is 11.6 Å². The monoisotopic (exact) mass is 276 g/mol. The Morgan fingerprint density at radius 1 is 1.45 bits per heavy atom. The first-order chi connectivity index (χ1) is 9.56. The summed E-state index contributed by atoms with van der Waals surface area (Å²) in [7, 11) is 3.20. The van der Waals surface area contributed by atoms with Crippen molar-refractivity contribution in [2.24, 2.45) is 7.05 Å². The molecular weight excluding hydrogens is 259 g/mol. The average molecular weight is 276 g/mol. The van der Waals surface area contributed by atoms with Gasteiger partial charge in [-0.2, -0.15) is 5.10 Å². The predicted octanol–water partition coefficient (Wildman–Crippen LogP) is 2.56. The van der Waals surface area contributed by atoms with Gasteiger partial charge in [-0.1, -0.05) is 13.0 Å². The highest BCUT2D eigenvalue weighted by Gasteiger charge is 2.19. The molecule has 20 heavy (non-hydrogen) atoms. The number of benzene rings is 1. The van der Waals surface area contributed by atoms with Crippen LogP contribution in [0.15, 0.2) is 24.3 Å². The minimum absolute atomic E-state index is 0.00533. The van der Waals surface area contributed by atoms with Gasteiger partial charge in [-0.15, -0.1) is 0 Å². The number of Topliss-reactive ketones (excluding diaryl/α,β-unsaturated/α-hetero) is 1. The molecule has 0 aliphatic heterocycles. The summed E-state index contributed by atoms with van der Waals surface area (Å²) in [5, 5.41) is 4.28. The second kappa shape index (κ2) is 5.86. The third-order valence-corrected chi connectivity index (χ3v) is 3.21. The van der Waals surface area contributed by atoms with Gasteiger partial charge in [0, 0.05) is 12.7 Å². The molecule has 0 amide bonds. The molecule has 0 fully saturated rings. The fraction of sp³-hybridized carbons (Fsp3) is 0.333. The van der Waals surface area contributed by atoms with Gasteiger partial charge in [0.2, 0.25) is 0 Å². The summed E-state index contributed by atoms with van der Waals surface area (Å²) in [5.41, 5.74) is 1.67. The SMILES string of the molecule is CCc1cc(CC(=O)c2c(F)cccc2OC)n(C)n1. The number of carbonyl (C=O) groups excluding carboxylic acids is 1. The Kier molecular flexibility index (Phi) is 4.17. The fourth-order valence-corrected chi connectivity index (χ4v) is 2.11. The number of ether oxygens (including phenoxy) is 1. The summed E-state index contributed by atoms with van der Waals surface area (Å²) in [6.45, 7) is 1.99. The second-order valence-electron chi connectivity index (χ2n) is 4.52. The van der Waals surface area contributed by atoms with E-state index in [-0.39, 0.29) is 23.5 Å². The van der Waals surface area contributed by atoms with E-state index in [0.717, 1.165) is 17.8 Å². The van der Waals surface area contributed by atoms with Crippen molar-refractivity contribution in [3.05, 3.63) is 47.0 Å². The lowest BCUT2D eigenvalue weighted by molar-refractivity contribution is 0.0983. The Morgan fingerprint density at radius 3 is 2.80 bits per heavy atom. The molecule has 0 N–H and O–H groups in total. The zero-order valence-corrected chi connectivity index (χ0v) is 11.8. The van der Waals surface area contributed by atoms with Crippen LogP contribution in [-0.4, -0.2) is 22.7 Å². The molecule has 4 nitrogen and oxygen atoms in total. The van der Waals surface area contributed by atoms with Crippen molar-refractivity contribution >= 4 is 5.78 Å². The van der Waals surface area contributed by atoms with Crippen LogP contribution in [0.4, 0.5) is 4.39 Å². The van der Waals surface area contributed by atoms with Crippen molar-refractivity contribution in [3.63, 3.8) is 0 Å². The van der Waals surface area contributed by atoms with Crippen LogP contribution >= 0.6 is 0 Å². The molecule has 0 bridgehead atoms. The smallest absolute Gasteiger partial charge is 0.175 e. The van der Waals surface area contributed by atoms with Crippen LogP contribution in [-0.2, 0) is 19.9 Å². The van der Waals surface area contributed by atoms with E-state index in [4.69, 9.17) is 4.74 Å². The molecule has 0 aliphatic rings. The molecule has 0 unspecified atom stereocenters. The third kappa shape index (κ3) is 2.71. The van der Waals surface area contributed by atoms with E-state index in [1.54, 1.807) is 17.8 Å². The number of aryl methyl sites for hydroxylation is 2. The number of nitrogens with zero attached hydrogens (tertiary/aromatic N) is 2. The summed E-state index contributed by atoms with van der Waals surface area (Å²) < 4.78 is 20.6. The van der Waals surface area contributed by atoms with E-state index in [2.05, 4.69) is 5.10 Å². The van der Waals surface area contributed by atoms with E-state index in [0.29, 0.717) is 0 Å². The molecular formula is C15H17FN2O2. The molecule has 2 aromatic rings. The summed E-state index contributed by atoms with van der Waals surface area (Å²) in [6, 6.07) is 6.23. The minimum Gasteiger partial charge on any atom is -0.496 e. The lowest BCUT2D eigenvalue weighted by Gasteiger charge is -2.08. The van der Waals surface area contributed by atoms with E-state index in [1.165, 1.54) is 19.2 Å². The van der Waals surface area contributed by atoms with Crippen LogP contribution in [0.5, 0.6) is 5.75 Å². The highest BCUT2D eigenvalue weighted by Crippen LogP contribution is 2.23. The van der Waals surface area contributed by atoms with Gasteiger partial charge in [0.15, 0.2) is 5.78 Å². The van der Waals surface area contributed by atoms with Gasteiger partial charge >= 0.3 is 0 Å². The quantitative estimate of drug-likeness (QED) is 0.788. The zero-order valence-electron chi connectivity index (χ0n) is 11.8. The van der Waals surface area contributed by atoms with Gasteiger partial charge < -0.3 is 4.74 Å². The summed E-state index contributed by atoms with van der Waals surface area (Å²) in [5.74, 6) is -0.620. The number of ketones is 1. The van der Waals surface area contributed by atoms with Crippen LogP contribution in [0.3, 0.4) is 0 Å². The predicted molar refractivity (Wildman–Crippen MR) is 73.6 cm³/mol. The molecule has 0 saturated heterocycles. The highest BCUT2D eigenvalue weighted by molar-refractivity contribution is 6.00. The van der Waals surface area contributed by atoms with Crippen LogP contribution in [0.1, 0.15) is 28.7 Å². The number of carbonyl (C=O) groups is 1. The van der Waals surface area contributed by atoms with Gasteiger partial charge in [-0.05, 0) is 24.6 Å². The first-order valence-corrected chi connectivity index (χ1v) is 6.44. The lowest BCUT2D eigenvalue weighted by Crippen LogP contribution is -2.11. The van der Waals surface area contributed by atoms with Crippen molar-refractivity contribution in [2.45, 2.75) is 19.8 Å². The number of hydrogen-bond acceptors (Lipinski definition) is 3. The number of methoxy groups -OCH3 is 1. The standard InChI is InChI=1S/C15H17FN2O2/c1-4-10-8-11(18(2)17-10)9-13(19)15-12(16)6-5-7-14(15)20-3/h5-8H,4,9H2,1-3H3. The largest absolute Gasteiger partial charge is 0.496 e. The van der Waals surface area contributed by atoms with Gasteiger partial charge in [-0.25, -0.2) is 4.39 Å². The Hall–Kier alpha value is -2.17. The lowest BCUT2D eigenvalue weighted by atomic mass is 10.0. The van der Waals surface area contributed by atoms with Crippen molar-refractivity contribution < 1.29 is 13.9 Å². The third-order valence-electron chi connectivity index (χ3n) is 3.21. The van der Waals surface area contributed by atoms with Crippen LogP contribution < -0.4 is 4.74 Å². The normalized spacial score (nSPS) is 10.6. The molecule has 0 radical (unpaired) electrons. The molecule has 2 rings (SSSR count). The van der Waals surface area contributed by atoms with Gasteiger partial charge in [0.25, 0.3) is 0 Å². The molecule has 0 aliphatic carbocycles. The van der Waals surface area contributed by atoms with Crippen molar-refractivity contribution in [1.29, 1.82) is 0 Å².